The molecule has 0 bridgehead atoms. The molecule has 0 aliphatic heterocycles. The third-order valence-corrected chi connectivity index (χ3v) is 4.70. The van der Waals surface area contributed by atoms with Crippen LogP contribution in [-0.4, -0.2) is 18.2 Å². The van der Waals surface area contributed by atoms with Crippen LogP contribution >= 0.6 is 0 Å². The summed E-state index contributed by atoms with van der Waals surface area (Å²) >= 11 is 0. The summed E-state index contributed by atoms with van der Waals surface area (Å²) in [4.78, 5) is 0. The van der Waals surface area contributed by atoms with E-state index < -0.39 is 10.0 Å². The van der Waals surface area contributed by atoms with Crippen molar-refractivity contribution < 1.29 is 8.42 Å². The summed E-state index contributed by atoms with van der Waals surface area (Å²) < 4.78 is 29.1. The minimum atomic E-state index is -3.51. The molecule has 118 valence electrons. The highest BCUT2D eigenvalue weighted by Crippen LogP contribution is 2.28. The second-order valence-electron chi connectivity index (χ2n) is 5.24. The normalized spacial score (nSPS) is 11.3. The zero-order valence-corrected chi connectivity index (χ0v) is 13.5. The van der Waals surface area contributed by atoms with Crippen LogP contribution in [0.5, 0.6) is 0 Å². The van der Waals surface area contributed by atoms with Crippen molar-refractivity contribution in [1.29, 1.82) is 0 Å². The van der Waals surface area contributed by atoms with Gasteiger partial charge in [0.1, 0.15) is 0 Å². The molecule has 0 aliphatic rings. The number of nitrogens with zero attached hydrogens (tertiary/aromatic N) is 2. The Labute approximate surface area is 135 Å². The molecule has 0 saturated heterocycles. The molecule has 0 fully saturated rings. The summed E-state index contributed by atoms with van der Waals surface area (Å²) in [5.41, 5.74) is 2.87. The Hall–Kier alpha value is -2.60. The van der Waals surface area contributed by atoms with Crippen molar-refractivity contribution in [2.75, 3.05) is 4.72 Å². The zero-order chi connectivity index (χ0) is 16.3. The number of nitrogens with one attached hydrogen (secondary N) is 1. The molecule has 0 atom stereocenters. The standard InChI is InChI=1S/C17H17N3O2S/c1-20-17(15-10-6-3-7-11-15)16(12-18-20)19-23(21,22)13-14-8-4-2-5-9-14/h2-12,19H,13H2,1H3. The summed E-state index contributed by atoms with van der Waals surface area (Å²) in [6.07, 6.45) is 1.53. The third-order valence-electron chi connectivity index (χ3n) is 3.45. The number of rotatable bonds is 5. The SMILES string of the molecule is Cn1ncc(NS(=O)(=O)Cc2ccccc2)c1-c1ccccc1. The fourth-order valence-corrected chi connectivity index (χ4v) is 3.64. The Morgan fingerprint density at radius 3 is 2.26 bits per heavy atom. The van der Waals surface area contributed by atoms with Gasteiger partial charge in [0.05, 0.1) is 23.3 Å². The van der Waals surface area contributed by atoms with Crippen molar-refractivity contribution in [3.8, 4) is 11.3 Å². The Morgan fingerprint density at radius 1 is 1.00 bits per heavy atom. The molecule has 6 heteroatoms. The van der Waals surface area contributed by atoms with E-state index in [-0.39, 0.29) is 5.75 Å². The lowest BCUT2D eigenvalue weighted by Gasteiger charge is -2.10. The Balaban J connectivity index is 1.89. The molecule has 1 N–H and O–H groups in total. The molecule has 0 spiro atoms. The maximum Gasteiger partial charge on any atom is 0.237 e. The monoisotopic (exact) mass is 327 g/mol. The molecule has 0 aliphatic carbocycles. The largest absolute Gasteiger partial charge is 0.279 e. The van der Waals surface area contributed by atoms with E-state index in [4.69, 9.17) is 0 Å². The molecule has 23 heavy (non-hydrogen) atoms. The number of hydrogen-bond acceptors (Lipinski definition) is 3. The van der Waals surface area contributed by atoms with Gasteiger partial charge in [0, 0.05) is 12.6 Å². The van der Waals surface area contributed by atoms with Crippen molar-refractivity contribution in [3.63, 3.8) is 0 Å². The number of sulfonamides is 1. The van der Waals surface area contributed by atoms with Crippen molar-refractivity contribution in [2.24, 2.45) is 7.05 Å². The van der Waals surface area contributed by atoms with Crippen molar-refractivity contribution >= 4 is 15.7 Å². The van der Waals surface area contributed by atoms with Crippen molar-refractivity contribution in [2.45, 2.75) is 5.75 Å². The fourth-order valence-electron chi connectivity index (χ4n) is 2.45. The number of benzene rings is 2. The molecule has 3 rings (SSSR count). The first-order chi connectivity index (χ1) is 11.1. The van der Waals surface area contributed by atoms with Gasteiger partial charge in [-0.15, -0.1) is 0 Å². The van der Waals surface area contributed by atoms with Gasteiger partial charge < -0.3 is 0 Å². The van der Waals surface area contributed by atoms with E-state index in [2.05, 4.69) is 9.82 Å². The summed E-state index contributed by atoms with van der Waals surface area (Å²) in [6.45, 7) is 0. The number of hydrogen-bond donors (Lipinski definition) is 1. The molecule has 5 nitrogen and oxygen atoms in total. The molecule has 1 aromatic heterocycles. The molecule has 1 heterocycles. The van der Waals surface area contributed by atoms with Crippen LogP contribution in [0.3, 0.4) is 0 Å². The molecule has 2 aromatic carbocycles. The lowest BCUT2D eigenvalue weighted by molar-refractivity contribution is 0.600. The van der Waals surface area contributed by atoms with Gasteiger partial charge in [0.25, 0.3) is 0 Å². The Morgan fingerprint density at radius 2 is 1.61 bits per heavy atom. The average Bonchev–Trinajstić information content (AvgIpc) is 2.88. The van der Waals surface area contributed by atoms with Gasteiger partial charge in [-0.3, -0.25) is 9.40 Å². The predicted octanol–water partition coefficient (Wildman–Crippen LogP) is 3.03. The van der Waals surface area contributed by atoms with Crippen LogP contribution in [0.25, 0.3) is 11.3 Å². The van der Waals surface area contributed by atoms with E-state index >= 15 is 0 Å². The predicted molar refractivity (Wildman–Crippen MR) is 91.3 cm³/mol. The summed E-state index contributed by atoms with van der Waals surface area (Å²) in [5.74, 6) is -0.0725. The number of aromatic nitrogens is 2. The molecule has 0 amide bonds. The van der Waals surface area contributed by atoms with Gasteiger partial charge in [0.2, 0.25) is 10.0 Å². The minimum absolute atomic E-state index is 0.0725. The first kappa shape index (κ1) is 15.3. The molecular weight excluding hydrogens is 310 g/mol. The lowest BCUT2D eigenvalue weighted by atomic mass is 10.1. The number of anilines is 1. The van der Waals surface area contributed by atoms with Gasteiger partial charge >= 0.3 is 0 Å². The summed E-state index contributed by atoms with van der Waals surface area (Å²) in [7, 11) is -1.72. The van der Waals surface area contributed by atoms with Crippen LogP contribution in [0.15, 0.2) is 66.9 Å². The smallest absolute Gasteiger partial charge is 0.237 e. The minimum Gasteiger partial charge on any atom is -0.279 e. The first-order valence-electron chi connectivity index (χ1n) is 7.17. The third kappa shape index (κ3) is 3.60. The Bertz CT molecular complexity index is 888. The molecule has 0 unspecified atom stereocenters. The van der Waals surface area contributed by atoms with Crippen molar-refractivity contribution in [3.05, 3.63) is 72.4 Å². The van der Waals surface area contributed by atoms with Crippen LogP contribution in [0.2, 0.25) is 0 Å². The average molecular weight is 327 g/mol. The van der Waals surface area contributed by atoms with Gasteiger partial charge in [-0.25, -0.2) is 8.42 Å². The van der Waals surface area contributed by atoms with Crippen LogP contribution in [-0.2, 0) is 22.8 Å². The molecular formula is C17H17N3O2S. The van der Waals surface area contributed by atoms with E-state index in [0.29, 0.717) is 5.69 Å². The molecule has 0 saturated carbocycles. The summed E-state index contributed by atoms with van der Waals surface area (Å²) in [6, 6.07) is 18.7. The van der Waals surface area contributed by atoms with E-state index in [9.17, 15) is 8.42 Å². The van der Waals surface area contributed by atoms with E-state index in [1.165, 1.54) is 6.20 Å². The summed E-state index contributed by atoms with van der Waals surface area (Å²) in [5, 5.41) is 4.17. The van der Waals surface area contributed by atoms with E-state index in [1.54, 1.807) is 23.9 Å². The van der Waals surface area contributed by atoms with E-state index in [1.807, 2.05) is 48.5 Å². The van der Waals surface area contributed by atoms with Gasteiger partial charge in [-0.2, -0.15) is 5.10 Å². The van der Waals surface area contributed by atoms with Crippen molar-refractivity contribution in [1.82, 2.24) is 9.78 Å². The molecule has 3 aromatic rings. The fraction of sp³-hybridized carbons (Fsp3) is 0.118. The van der Waals surface area contributed by atoms with Crippen LogP contribution < -0.4 is 4.72 Å². The Kier molecular flexibility index (Phi) is 4.16. The first-order valence-corrected chi connectivity index (χ1v) is 8.82. The maximum atomic E-state index is 12.4. The van der Waals surface area contributed by atoms with E-state index in [0.717, 1.165) is 16.8 Å². The second kappa shape index (κ2) is 6.26. The second-order valence-corrected chi connectivity index (χ2v) is 6.97. The lowest BCUT2D eigenvalue weighted by Crippen LogP contribution is -2.15. The quantitative estimate of drug-likeness (QED) is 0.783. The maximum absolute atomic E-state index is 12.4. The van der Waals surface area contributed by atoms with Gasteiger partial charge in [-0.1, -0.05) is 60.7 Å². The van der Waals surface area contributed by atoms with Crippen LogP contribution in [0, 0.1) is 0 Å². The van der Waals surface area contributed by atoms with Crippen LogP contribution in [0.4, 0.5) is 5.69 Å². The van der Waals surface area contributed by atoms with Gasteiger partial charge in [0.15, 0.2) is 0 Å². The number of aryl methyl sites for hydroxylation is 1. The highest BCUT2D eigenvalue weighted by Gasteiger charge is 2.17. The zero-order valence-electron chi connectivity index (χ0n) is 12.7. The topological polar surface area (TPSA) is 64.0 Å². The molecule has 0 radical (unpaired) electrons. The highest BCUT2D eigenvalue weighted by atomic mass is 32.2. The highest BCUT2D eigenvalue weighted by molar-refractivity contribution is 7.91. The van der Waals surface area contributed by atoms with Crippen LogP contribution in [0.1, 0.15) is 5.56 Å². The van der Waals surface area contributed by atoms with Gasteiger partial charge in [-0.05, 0) is 5.56 Å².